The molecule has 1 spiro atoms. The van der Waals surface area contributed by atoms with Crippen LogP contribution in [0.1, 0.15) is 96.0 Å². The second kappa shape index (κ2) is 14.8. The number of aryl methyl sites for hydroxylation is 5. The van der Waals surface area contributed by atoms with Crippen molar-refractivity contribution < 1.29 is 0 Å². The average molecular weight is 728 g/mol. The van der Waals surface area contributed by atoms with Crippen LogP contribution < -0.4 is 4.90 Å². The van der Waals surface area contributed by atoms with Crippen molar-refractivity contribution in [3.63, 3.8) is 0 Å². The van der Waals surface area contributed by atoms with Crippen LogP contribution in [0.4, 0.5) is 17.1 Å². The highest BCUT2D eigenvalue weighted by atomic mass is 15.1. The average Bonchev–Trinajstić information content (AvgIpc) is 3.68. The van der Waals surface area contributed by atoms with Crippen LogP contribution in [0, 0.1) is 13.8 Å². The summed E-state index contributed by atoms with van der Waals surface area (Å²) in [6.45, 7) is 13.4. The van der Waals surface area contributed by atoms with Crippen molar-refractivity contribution in [1.29, 1.82) is 0 Å². The van der Waals surface area contributed by atoms with Crippen LogP contribution in [0.25, 0.3) is 27.8 Å². The normalized spacial score (nSPS) is 16.1. The van der Waals surface area contributed by atoms with Crippen molar-refractivity contribution in [2.24, 2.45) is 0 Å². The third-order valence-electron chi connectivity index (χ3n) is 12.9. The maximum atomic E-state index is 4.25. The Labute approximate surface area is 334 Å². The van der Waals surface area contributed by atoms with Gasteiger partial charge in [0.15, 0.2) is 0 Å². The third-order valence-corrected chi connectivity index (χ3v) is 12.9. The molecule has 0 saturated carbocycles. The molecule has 1 heteroatoms. The lowest BCUT2D eigenvalue weighted by atomic mass is 9.70. The summed E-state index contributed by atoms with van der Waals surface area (Å²) in [5, 5.41) is 0. The van der Waals surface area contributed by atoms with Gasteiger partial charge in [-0.1, -0.05) is 142 Å². The smallest absolute Gasteiger partial charge is 0.0723 e. The van der Waals surface area contributed by atoms with E-state index in [-0.39, 0.29) is 0 Å². The second-order valence-electron chi connectivity index (χ2n) is 16.2. The predicted molar refractivity (Wildman–Crippen MR) is 240 cm³/mol. The summed E-state index contributed by atoms with van der Waals surface area (Å²) < 4.78 is 0. The Morgan fingerprint density at radius 3 is 1.96 bits per heavy atom. The van der Waals surface area contributed by atoms with Crippen molar-refractivity contribution in [3.8, 4) is 22.3 Å². The summed E-state index contributed by atoms with van der Waals surface area (Å²) in [6, 6.07) is 46.7. The van der Waals surface area contributed by atoms with Crippen molar-refractivity contribution in [2.45, 2.75) is 84.5 Å². The van der Waals surface area contributed by atoms with Gasteiger partial charge in [-0.15, -0.1) is 0 Å². The minimum absolute atomic E-state index is 0.469. The molecule has 0 amide bonds. The van der Waals surface area contributed by atoms with E-state index in [4.69, 9.17) is 0 Å². The fourth-order valence-corrected chi connectivity index (χ4v) is 10.3. The summed E-state index contributed by atoms with van der Waals surface area (Å²) in [5.74, 6) is 0. The van der Waals surface area contributed by atoms with Crippen molar-refractivity contribution >= 4 is 22.6 Å². The molecule has 0 aliphatic heterocycles. The number of hydrogen-bond donors (Lipinski definition) is 0. The Morgan fingerprint density at radius 2 is 1.29 bits per heavy atom. The van der Waals surface area contributed by atoms with E-state index in [0.717, 1.165) is 12.8 Å². The Balaban J connectivity index is 1.41. The lowest BCUT2D eigenvalue weighted by Crippen LogP contribution is -2.26. The second-order valence-corrected chi connectivity index (χ2v) is 16.2. The zero-order valence-electron chi connectivity index (χ0n) is 33.6. The Bertz CT molecular complexity index is 2500. The predicted octanol–water partition coefficient (Wildman–Crippen LogP) is 14.9. The SMILES string of the molecule is C=CC=C1/C(=C\C)C2(c3cc(N(c4cc(CCCCC)ccc4C)c4cc5c(cc4C)CCCC5)c(-c4ccccc4)cc31)c1ccccc1-c1ccccc12. The minimum atomic E-state index is -0.469. The van der Waals surface area contributed by atoms with Crippen LogP contribution in [0.3, 0.4) is 0 Å². The van der Waals surface area contributed by atoms with Crippen LogP contribution in [0.2, 0.25) is 0 Å². The number of rotatable bonds is 9. The molecule has 0 saturated heterocycles. The summed E-state index contributed by atoms with van der Waals surface area (Å²) >= 11 is 0. The number of benzene rings is 6. The summed E-state index contributed by atoms with van der Waals surface area (Å²) in [6.07, 6.45) is 16.2. The number of hydrogen-bond acceptors (Lipinski definition) is 1. The molecule has 278 valence electrons. The van der Waals surface area contributed by atoms with Crippen LogP contribution >= 0.6 is 0 Å². The Kier molecular flexibility index (Phi) is 9.50. The van der Waals surface area contributed by atoms with E-state index < -0.39 is 5.41 Å². The number of nitrogens with zero attached hydrogens (tertiary/aromatic N) is 1. The van der Waals surface area contributed by atoms with Gasteiger partial charge in [0.05, 0.1) is 11.1 Å². The van der Waals surface area contributed by atoms with Gasteiger partial charge in [0.25, 0.3) is 0 Å². The molecule has 0 bridgehead atoms. The molecule has 0 fully saturated rings. The fraction of sp³-hybridized carbons (Fsp3) is 0.236. The fourth-order valence-electron chi connectivity index (χ4n) is 10.3. The Morgan fingerprint density at radius 1 is 0.625 bits per heavy atom. The first-order valence-corrected chi connectivity index (χ1v) is 20.9. The van der Waals surface area contributed by atoms with Crippen LogP contribution in [-0.4, -0.2) is 0 Å². The molecule has 3 aliphatic carbocycles. The molecule has 0 aromatic heterocycles. The standard InChI is InChI=1S/C55H53N/c1-6-9-11-21-39-31-30-37(4)52(33-39)56(53-34-42-25-15-14-24-41(42)32-38(53)5)54-36-51-47(35-46(54)40-22-12-10-13-23-40)43(20-7-2)48(8-3)55(51)49-28-18-16-26-44(49)45-27-17-19-29-50(45)55/h7-8,10,12-13,16-20,22-23,26-36H,2,6,9,11,14-15,21,24-25H2,1,3-5H3/b43-20?,48-8+. The number of unbranched alkanes of at least 4 members (excludes halogenated alkanes) is 2. The molecule has 0 unspecified atom stereocenters. The first-order valence-electron chi connectivity index (χ1n) is 20.9. The highest BCUT2D eigenvalue weighted by Crippen LogP contribution is 2.65. The molecular weight excluding hydrogens is 675 g/mol. The molecule has 9 rings (SSSR count). The first kappa shape index (κ1) is 36.0. The van der Waals surface area contributed by atoms with E-state index in [1.807, 2.05) is 6.08 Å². The van der Waals surface area contributed by atoms with Gasteiger partial charge in [-0.3, -0.25) is 0 Å². The molecule has 0 atom stereocenters. The van der Waals surface area contributed by atoms with Crippen LogP contribution in [0.15, 0.2) is 152 Å². The van der Waals surface area contributed by atoms with E-state index in [0.29, 0.717) is 0 Å². The number of allylic oxidation sites excluding steroid dienone is 5. The monoisotopic (exact) mass is 727 g/mol. The summed E-state index contributed by atoms with van der Waals surface area (Å²) in [5.41, 5.74) is 23.3. The lowest BCUT2D eigenvalue weighted by Gasteiger charge is -2.35. The first-order chi connectivity index (χ1) is 27.5. The van der Waals surface area contributed by atoms with Crippen molar-refractivity contribution in [1.82, 2.24) is 0 Å². The summed E-state index contributed by atoms with van der Waals surface area (Å²) in [7, 11) is 0. The number of anilines is 3. The van der Waals surface area contributed by atoms with Gasteiger partial charge in [0.2, 0.25) is 0 Å². The maximum Gasteiger partial charge on any atom is 0.0723 e. The van der Waals surface area contributed by atoms with Gasteiger partial charge in [-0.25, -0.2) is 0 Å². The van der Waals surface area contributed by atoms with Crippen LogP contribution in [-0.2, 0) is 24.7 Å². The lowest BCUT2D eigenvalue weighted by molar-refractivity contribution is 0.685. The van der Waals surface area contributed by atoms with Crippen LogP contribution in [0.5, 0.6) is 0 Å². The van der Waals surface area contributed by atoms with Crippen molar-refractivity contribution in [3.05, 3.63) is 202 Å². The Hall–Kier alpha value is -5.66. The molecular formula is C55H53N. The molecule has 0 heterocycles. The molecule has 1 nitrogen and oxygen atoms in total. The van der Waals surface area contributed by atoms with Gasteiger partial charge in [0.1, 0.15) is 0 Å². The zero-order valence-corrected chi connectivity index (χ0v) is 33.6. The maximum absolute atomic E-state index is 4.25. The van der Waals surface area contributed by atoms with E-state index in [1.54, 1.807) is 0 Å². The highest BCUT2D eigenvalue weighted by molar-refractivity contribution is 6.03. The minimum Gasteiger partial charge on any atom is -0.309 e. The van der Waals surface area contributed by atoms with Crippen molar-refractivity contribution in [2.75, 3.05) is 4.90 Å². The van der Waals surface area contributed by atoms with Gasteiger partial charge in [-0.05, 0) is 161 Å². The third kappa shape index (κ3) is 5.66. The molecule has 6 aromatic rings. The largest absolute Gasteiger partial charge is 0.309 e. The molecule has 6 aromatic carbocycles. The van der Waals surface area contributed by atoms with Gasteiger partial charge in [-0.2, -0.15) is 0 Å². The van der Waals surface area contributed by atoms with Gasteiger partial charge >= 0.3 is 0 Å². The summed E-state index contributed by atoms with van der Waals surface area (Å²) in [4.78, 5) is 2.65. The molecule has 0 N–H and O–H groups in total. The zero-order chi connectivity index (χ0) is 38.4. The number of fused-ring (bicyclic) bond motifs is 8. The van der Waals surface area contributed by atoms with Gasteiger partial charge in [0, 0.05) is 16.9 Å². The molecule has 0 radical (unpaired) electrons. The highest BCUT2D eigenvalue weighted by Gasteiger charge is 2.53. The van der Waals surface area contributed by atoms with E-state index in [1.165, 1.54) is 139 Å². The quantitative estimate of drug-likeness (QED) is 0.134. The van der Waals surface area contributed by atoms with Gasteiger partial charge < -0.3 is 4.90 Å². The van der Waals surface area contributed by atoms with E-state index >= 15 is 0 Å². The molecule has 56 heavy (non-hydrogen) atoms. The van der Waals surface area contributed by atoms with E-state index in [9.17, 15) is 0 Å². The van der Waals surface area contributed by atoms with E-state index in [2.05, 4.69) is 173 Å². The molecule has 3 aliphatic rings. The topological polar surface area (TPSA) is 3.24 Å².